The molecule has 7 nitrogen and oxygen atoms in total. The number of thiazole rings is 1. The Morgan fingerprint density at radius 1 is 1.27 bits per heavy atom. The largest absolute Gasteiger partial charge is 0.325 e. The van der Waals surface area contributed by atoms with Crippen LogP contribution in [-0.2, 0) is 22.4 Å². The Bertz CT molecular complexity index is 1040. The summed E-state index contributed by atoms with van der Waals surface area (Å²) in [5, 5.41) is 7.86. The number of imide groups is 1. The number of urea groups is 1. The minimum absolute atomic E-state index is 0.167. The summed E-state index contributed by atoms with van der Waals surface area (Å²) >= 11 is 1.34. The summed E-state index contributed by atoms with van der Waals surface area (Å²) in [5.74, 6) is -0.580. The first-order chi connectivity index (χ1) is 14.4. The molecule has 2 heterocycles. The quantitative estimate of drug-likeness (QED) is 0.720. The van der Waals surface area contributed by atoms with Gasteiger partial charge in [-0.05, 0) is 68.6 Å². The summed E-state index contributed by atoms with van der Waals surface area (Å²) in [6.07, 6.45) is 6.55. The van der Waals surface area contributed by atoms with E-state index < -0.39 is 17.5 Å². The second kappa shape index (κ2) is 7.19. The normalized spacial score (nSPS) is 23.3. The van der Waals surface area contributed by atoms with Crippen molar-refractivity contribution in [2.45, 2.75) is 51.0 Å². The van der Waals surface area contributed by atoms with E-state index in [1.807, 2.05) is 5.38 Å². The molecule has 0 bridgehead atoms. The number of aryl methyl sites for hydroxylation is 2. The lowest BCUT2D eigenvalue weighted by atomic mass is 9.90. The van der Waals surface area contributed by atoms with Crippen LogP contribution in [0.2, 0.25) is 0 Å². The first kappa shape index (κ1) is 19.2. The smallest absolute Gasteiger partial charge is 0.323 e. The second-order valence-corrected chi connectivity index (χ2v) is 9.43. The van der Waals surface area contributed by atoms with Crippen LogP contribution < -0.4 is 10.6 Å². The van der Waals surface area contributed by atoms with Crippen LogP contribution in [0.5, 0.6) is 0 Å². The molecule has 1 aromatic heterocycles. The van der Waals surface area contributed by atoms with Crippen LogP contribution in [0.15, 0.2) is 23.6 Å². The van der Waals surface area contributed by atoms with E-state index in [2.05, 4.69) is 33.8 Å². The van der Waals surface area contributed by atoms with Gasteiger partial charge in [-0.15, -0.1) is 11.3 Å². The minimum atomic E-state index is -0.877. The van der Waals surface area contributed by atoms with Gasteiger partial charge in [-0.25, -0.2) is 9.78 Å². The van der Waals surface area contributed by atoms with Crippen molar-refractivity contribution < 1.29 is 14.4 Å². The molecule has 5 rings (SSSR count). The highest BCUT2D eigenvalue weighted by Gasteiger charge is 2.56. The number of aromatic nitrogens is 1. The van der Waals surface area contributed by atoms with E-state index in [0.29, 0.717) is 5.13 Å². The zero-order valence-electron chi connectivity index (χ0n) is 16.9. The summed E-state index contributed by atoms with van der Waals surface area (Å²) in [5.41, 5.74) is 3.79. The molecular weight excluding hydrogens is 400 g/mol. The maximum Gasteiger partial charge on any atom is 0.325 e. The Hall–Kier alpha value is -2.74. The Balaban J connectivity index is 1.25. The van der Waals surface area contributed by atoms with Gasteiger partial charge < -0.3 is 10.6 Å². The van der Waals surface area contributed by atoms with E-state index in [0.717, 1.165) is 41.8 Å². The number of nitrogens with one attached hydrogen (secondary N) is 2. The van der Waals surface area contributed by atoms with Crippen LogP contribution in [0.25, 0.3) is 11.3 Å². The summed E-state index contributed by atoms with van der Waals surface area (Å²) in [6, 6.07) is 5.95. The van der Waals surface area contributed by atoms with Crippen LogP contribution >= 0.6 is 11.3 Å². The monoisotopic (exact) mass is 424 g/mol. The highest BCUT2D eigenvalue weighted by Crippen LogP contribution is 2.42. The third-order valence-electron chi connectivity index (χ3n) is 6.39. The zero-order chi connectivity index (χ0) is 20.9. The van der Waals surface area contributed by atoms with E-state index >= 15 is 0 Å². The predicted octanol–water partition coefficient (Wildman–Crippen LogP) is 3.35. The predicted molar refractivity (Wildman–Crippen MR) is 114 cm³/mol. The molecule has 2 aromatic rings. The van der Waals surface area contributed by atoms with Crippen LogP contribution in [0.4, 0.5) is 9.93 Å². The molecular formula is C22H24N4O3S. The third-order valence-corrected chi connectivity index (χ3v) is 7.15. The van der Waals surface area contributed by atoms with Crippen molar-refractivity contribution in [1.29, 1.82) is 0 Å². The van der Waals surface area contributed by atoms with E-state index in [1.165, 1.54) is 35.3 Å². The number of carbonyl (C=O) groups excluding carboxylic acids is 3. The molecule has 2 fully saturated rings. The Morgan fingerprint density at radius 3 is 2.80 bits per heavy atom. The van der Waals surface area contributed by atoms with Crippen molar-refractivity contribution in [2.24, 2.45) is 5.92 Å². The summed E-state index contributed by atoms with van der Waals surface area (Å²) in [7, 11) is 0. The molecule has 1 aromatic carbocycles. The lowest BCUT2D eigenvalue weighted by molar-refractivity contribution is -0.134. The van der Waals surface area contributed by atoms with Gasteiger partial charge in [-0.2, -0.15) is 0 Å². The van der Waals surface area contributed by atoms with Crippen molar-refractivity contribution in [3.8, 4) is 11.3 Å². The zero-order valence-corrected chi connectivity index (χ0v) is 17.7. The highest BCUT2D eigenvalue weighted by atomic mass is 32.1. The maximum absolute atomic E-state index is 12.7. The van der Waals surface area contributed by atoms with Crippen molar-refractivity contribution >= 4 is 34.3 Å². The number of benzene rings is 1. The van der Waals surface area contributed by atoms with Gasteiger partial charge in [0.25, 0.3) is 5.91 Å². The number of rotatable bonds is 5. The standard InChI is InChI=1S/C22H24N4O3S/c1-22(16-8-9-16)19(28)26(21(29)25-22)11-18(27)24-20-23-17(12-30-20)15-7-6-13-4-2-3-5-14(13)10-15/h6-7,10,12,16H,2-5,8-9,11H2,1H3,(H,25,29)(H,23,24,27)/t22-/m1/s1. The van der Waals surface area contributed by atoms with Crippen LogP contribution in [-0.4, -0.2) is 39.8 Å². The number of carbonyl (C=O) groups is 3. The highest BCUT2D eigenvalue weighted by molar-refractivity contribution is 7.14. The van der Waals surface area contributed by atoms with Gasteiger partial charge in [-0.1, -0.05) is 12.1 Å². The van der Waals surface area contributed by atoms with Gasteiger partial charge in [0.2, 0.25) is 5.91 Å². The van der Waals surface area contributed by atoms with Gasteiger partial charge in [0, 0.05) is 10.9 Å². The second-order valence-electron chi connectivity index (χ2n) is 8.57. The molecule has 4 amide bonds. The summed E-state index contributed by atoms with van der Waals surface area (Å²) < 4.78 is 0. The molecule has 1 saturated carbocycles. The van der Waals surface area contributed by atoms with E-state index in [1.54, 1.807) is 6.92 Å². The Kier molecular flexibility index (Phi) is 4.61. The lowest BCUT2D eigenvalue weighted by Crippen LogP contribution is -2.46. The van der Waals surface area contributed by atoms with Crippen molar-refractivity contribution in [1.82, 2.24) is 15.2 Å². The number of nitrogens with zero attached hydrogens (tertiary/aromatic N) is 2. The molecule has 0 spiro atoms. The average Bonchev–Trinajstić information content (AvgIpc) is 3.46. The first-order valence-electron chi connectivity index (χ1n) is 10.5. The molecule has 1 aliphatic heterocycles. The fourth-order valence-corrected chi connectivity index (χ4v) is 5.19. The van der Waals surface area contributed by atoms with Crippen molar-refractivity contribution in [3.63, 3.8) is 0 Å². The van der Waals surface area contributed by atoms with E-state index in [-0.39, 0.29) is 18.4 Å². The number of hydrogen-bond donors (Lipinski definition) is 2. The molecule has 3 aliphatic rings. The number of anilines is 1. The van der Waals surface area contributed by atoms with Crippen molar-refractivity contribution in [2.75, 3.05) is 11.9 Å². The fraction of sp³-hybridized carbons (Fsp3) is 0.455. The van der Waals surface area contributed by atoms with E-state index in [4.69, 9.17) is 0 Å². The topological polar surface area (TPSA) is 91.4 Å². The molecule has 2 N–H and O–H groups in total. The van der Waals surface area contributed by atoms with Gasteiger partial charge in [0.1, 0.15) is 12.1 Å². The molecule has 156 valence electrons. The Morgan fingerprint density at radius 2 is 2.03 bits per heavy atom. The van der Waals surface area contributed by atoms with Crippen LogP contribution in [0.1, 0.15) is 43.7 Å². The number of hydrogen-bond acceptors (Lipinski definition) is 5. The van der Waals surface area contributed by atoms with Gasteiger partial charge in [0.15, 0.2) is 5.13 Å². The van der Waals surface area contributed by atoms with Crippen LogP contribution in [0.3, 0.4) is 0 Å². The van der Waals surface area contributed by atoms with E-state index in [9.17, 15) is 14.4 Å². The third kappa shape index (κ3) is 3.39. The molecule has 1 atom stereocenters. The molecule has 0 radical (unpaired) electrons. The first-order valence-corrected chi connectivity index (χ1v) is 11.3. The maximum atomic E-state index is 12.7. The Labute approximate surface area is 178 Å². The number of amides is 4. The summed E-state index contributed by atoms with van der Waals surface area (Å²) in [4.78, 5) is 42.9. The van der Waals surface area contributed by atoms with Gasteiger partial charge >= 0.3 is 6.03 Å². The summed E-state index contributed by atoms with van der Waals surface area (Å²) in [6.45, 7) is 1.44. The molecule has 2 aliphatic carbocycles. The lowest BCUT2D eigenvalue weighted by Gasteiger charge is -2.20. The SMILES string of the molecule is C[C@]1(C2CC2)NC(=O)N(CC(=O)Nc2nc(-c3ccc4c(c3)CCCC4)cs2)C1=O. The molecule has 30 heavy (non-hydrogen) atoms. The average molecular weight is 425 g/mol. The van der Waals surface area contributed by atoms with Gasteiger partial charge in [-0.3, -0.25) is 14.5 Å². The number of fused-ring (bicyclic) bond motifs is 1. The van der Waals surface area contributed by atoms with Gasteiger partial charge in [0.05, 0.1) is 5.69 Å². The minimum Gasteiger partial charge on any atom is -0.323 e. The van der Waals surface area contributed by atoms with Crippen LogP contribution in [0, 0.1) is 5.92 Å². The molecule has 1 saturated heterocycles. The molecule has 0 unspecified atom stereocenters. The fourth-order valence-electron chi connectivity index (χ4n) is 4.46. The molecule has 8 heteroatoms. The van der Waals surface area contributed by atoms with Crippen molar-refractivity contribution in [3.05, 3.63) is 34.7 Å².